The maximum atomic E-state index is 13.8. The Morgan fingerprint density at radius 3 is 2.74 bits per heavy atom. The summed E-state index contributed by atoms with van der Waals surface area (Å²) in [7, 11) is 0. The summed E-state index contributed by atoms with van der Waals surface area (Å²) in [5.41, 5.74) is 0.200. The molecule has 0 bridgehead atoms. The van der Waals surface area contributed by atoms with Crippen molar-refractivity contribution in [3.8, 4) is 0 Å². The predicted molar refractivity (Wildman–Crippen MR) is 68.1 cm³/mol. The molecule has 5 heteroatoms. The van der Waals surface area contributed by atoms with Crippen LogP contribution in [0, 0.1) is 5.82 Å². The molecule has 0 N–H and O–H groups in total. The average molecular weight is 262 g/mol. The third-order valence-electron chi connectivity index (χ3n) is 3.81. The van der Waals surface area contributed by atoms with Crippen molar-refractivity contribution in [3.63, 3.8) is 0 Å². The molecule has 0 aliphatic carbocycles. The van der Waals surface area contributed by atoms with Gasteiger partial charge >= 0.3 is 0 Å². The molecule has 19 heavy (non-hydrogen) atoms. The lowest BCUT2D eigenvalue weighted by molar-refractivity contribution is -0.144. The Hall–Kier alpha value is -1.91. The van der Waals surface area contributed by atoms with Crippen LogP contribution in [0.1, 0.15) is 19.3 Å². The quantitative estimate of drug-likeness (QED) is 0.770. The first-order valence-electron chi connectivity index (χ1n) is 6.54. The number of carbonyl (C=O) groups excluding carboxylic acids is 2. The Bertz CT molecular complexity index is 532. The molecule has 2 amide bonds. The first-order chi connectivity index (χ1) is 9.18. The van der Waals surface area contributed by atoms with Crippen LogP contribution < -0.4 is 4.90 Å². The highest BCUT2D eigenvalue weighted by molar-refractivity contribution is 6.06. The van der Waals surface area contributed by atoms with Crippen molar-refractivity contribution in [2.45, 2.75) is 25.3 Å². The van der Waals surface area contributed by atoms with Crippen LogP contribution in [0.2, 0.25) is 0 Å². The molecule has 2 heterocycles. The molecular formula is C14H15FN2O2. The summed E-state index contributed by atoms with van der Waals surface area (Å²) in [6.45, 7) is 0.580. The van der Waals surface area contributed by atoms with Gasteiger partial charge in [-0.25, -0.2) is 4.39 Å². The first kappa shape index (κ1) is 12.1. The Balaban J connectivity index is 1.94. The van der Waals surface area contributed by atoms with Gasteiger partial charge in [0.1, 0.15) is 18.4 Å². The summed E-state index contributed by atoms with van der Waals surface area (Å²) in [5, 5.41) is 0. The number of hydrogen-bond acceptors (Lipinski definition) is 2. The van der Waals surface area contributed by atoms with Crippen molar-refractivity contribution in [3.05, 3.63) is 30.1 Å². The molecule has 3 rings (SSSR count). The fourth-order valence-corrected chi connectivity index (χ4v) is 2.85. The smallest absolute Gasteiger partial charge is 0.250 e. The number of anilines is 1. The van der Waals surface area contributed by atoms with E-state index in [1.807, 2.05) is 0 Å². The largest absolute Gasteiger partial charge is 0.329 e. The normalized spacial score (nSPS) is 23.5. The van der Waals surface area contributed by atoms with Crippen LogP contribution in [-0.4, -0.2) is 35.8 Å². The van der Waals surface area contributed by atoms with E-state index in [0.717, 1.165) is 12.8 Å². The van der Waals surface area contributed by atoms with Crippen LogP contribution in [0.15, 0.2) is 24.3 Å². The van der Waals surface area contributed by atoms with E-state index in [-0.39, 0.29) is 24.0 Å². The fourth-order valence-electron chi connectivity index (χ4n) is 2.85. The molecule has 1 unspecified atom stereocenters. The van der Waals surface area contributed by atoms with Crippen LogP contribution in [-0.2, 0) is 9.59 Å². The number of hydrogen-bond donors (Lipinski definition) is 0. The number of carbonyl (C=O) groups is 2. The Morgan fingerprint density at radius 1 is 1.16 bits per heavy atom. The Morgan fingerprint density at radius 2 is 1.95 bits per heavy atom. The third-order valence-corrected chi connectivity index (χ3v) is 3.81. The van der Waals surface area contributed by atoms with Gasteiger partial charge in [0.2, 0.25) is 11.8 Å². The second-order valence-electron chi connectivity index (χ2n) is 4.97. The van der Waals surface area contributed by atoms with Gasteiger partial charge in [-0.2, -0.15) is 0 Å². The summed E-state index contributed by atoms with van der Waals surface area (Å²) >= 11 is 0. The van der Waals surface area contributed by atoms with Gasteiger partial charge in [-0.15, -0.1) is 0 Å². The molecule has 2 saturated heterocycles. The Kier molecular flexibility index (Phi) is 2.97. The van der Waals surface area contributed by atoms with Gasteiger partial charge < -0.3 is 4.90 Å². The lowest BCUT2D eigenvalue weighted by atomic mass is 9.98. The van der Waals surface area contributed by atoms with E-state index in [0.29, 0.717) is 13.0 Å². The van der Waals surface area contributed by atoms with Crippen molar-refractivity contribution >= 4 is 17.5 Å². The number of halogens is 1. The van der Waals surface area contributed by atoms with Crippen LogP contribution in [0.25, 0.3) is 0 Å². The summed E-state index contributed by atoms with van der Waals surface area (Å²) in [5.74, 6) is -0.718. The van der Waals surface area contributed by atoms with Crippen molar-refractivity contribution < 1.29 is 14.0 Å². The highest BCUT2D eigenvalue weighted by atomic mass is 19.1. The molecule has 1 aromatic rings. The van der Waals surface area contributed by atoms with Crippen LogP contribution >= 0.6 is 0 Å². The zero-order valence-electron chi connectivity index (χ0n) is 10.5. The monoisotopic (exact) mass is 262 g/mol. The van der Waals surface area contributed by atoms with E-state index in [9.17, 15) is 14.0 Å². The minimum absolute atomic E-state index is 0.0593. The number of nitrogens with zero attached hydrogens (tertiary/aromatic N) is 2. The fraction of sp³-hybridized carbons (Fsp3) is 0.429. The second kappa shape index (κ2) is 4.64. The van der Waals surface area contributed by atoms with Crippen molar-refractivity contribution in [2.75, 3.05) is 18.0 Å². The molecule has 100 valence electrons. The molecule has 0 spiro atoms. The summed E-state index contributed by atoms with van der Waals surface area (Å²) in [6.07, 6.45) is 2.55. The van der Waals surface area contributed by atoms with Crippen LogP contribution in [0.5, 0.6) is 0 Å². The molecule has 4 nitrogen and oxygen atoms in total. The standard InChI is InChI=1S/C14H15FN2O2/c15-10-5-1-2-6-11(10)17-9-13(18)16-8-4-3-7-12(16)14(17)19/h1-2,5-6,12H,3-4,7-9H2. The molecular weight excluding hydrogens is 247 g/mol. The molecule has 0 saturated carbocycles. The van der Waals surface area contributed by atoms with Crippen molar-refractivity contribution in [2.24, 2.45) is 0 Å². The molecule has 2 aliphatic heterocycles. The molecule has 0 aromatic heterocycles. The zero-order chi connectivity index (χ0) is 13.4. The Labute approximate surface area is 110 Å². The molecule has 2 aliphatic rings. The number of fused-ring (bicyclic) bond motifs is 1. The number of piperidine rings is 1. The van der Waals surface area contributed by atoms with E-state index in [4.69, 9.17) is 0 Å². The van der Waals surface area contributed by atoms with Gasteiger partial charge in [-0.1, -0.05) is 12.1 Å². The van der Waals surface area contributed by atoms with Gasteiger partial charge in [0, 0.05) is 6.54 Å². The minimum Gasteiger partial charge on any atom is -0.329 e. The predicted octanol–water partition coefficient (Wildman–Crippen LogP) is 1.55. The van der Waals surface area contributed by atoms with Crippen molar-refractivity contribution in [1.29, 1.82) is 0 Å². The van der Waals surface area contributed by atoms with Gasteiger partial charge in [0.15, 0.2) is 0 Å². The highest BCUT2D eigenvalue weighted by Crippen LogP contribution is 2.28. The number of piperazine rings is 1. The topological polar surface area (TPSA) is 40.6 Å². The number of amides is 2. The number of para-hydroxylation sites is 1. The number of rotatable bonds is 1. The zero-order valence-corrected chi connectivity index (χ0v) is 10.5. The molecule has 2 fully saturated rings. The van der Waals surface area contributed by atoms with E-state index >= 15 is 0 Å². The minimum atomic E-state index is -0.465. The van der Waals surface area contributed by atoms with Crippen LogP contribution in [0.4, 0.5) is 10.1 Å². The summed E-state index contributed by atoms with van der Waals surface area (Å²) in [6, 6.07) is 5.68. The summed E-state index contributed by atoms with van der Waals surface area (Å²) in [4.78, 5) is 27.4. The van der Waals surface area contributed by atoms with Crippen LogP contribution in [0.3, 0.4) is 0 Å². The summed E-state index contributed by atoms with van der Waals surface area (Å²) < 4.78 is 13.8. The molecule has 1 aromatic carbocycles. The van der Waals surface area contributed by atoms with Crippen molar-refractivity contribution in [1.82, 2.24) is 4.90 Å². The number of benzene rings is 1. The maximum absolute atomic E-state index is 13.8. The van der Waals surface area contributed by atoms with Gasteiger partial charge in [0.05, 0.1) is 5.69 Å². The lowest BCUT2D eigenvalue weighted by Crippen LogP contribution is -2.61. The first-order valence-corrected chi connectivity index (χ1v) is 6.54. The van der Waals surface area contributed by atoms with E-state index < -0.39 is 11.9 Å². The van der Waals surface area contributed by atoms with Gasteiger partial charge in [-0.3, -0.25) is 14.5 Å². The van der Waals surface area contributed by atoms with Gasteiger partial charge in [0.25, 0.3) is 0 Å². The average Bonchev–Trinajstić information content (AvgIpc) is 2.44. The molecule has 0 radical (unpaired) electrons. The third kappa shape index (κ3) is 1.99. The van der Waals surface area contributed by atoms with Gasteiger partial charge in [-0.05, 0) is 31.4 Å². The van der Waals surface area contributed by atoms with E-state index in [1.165, 1.54) is 11.0 Å². The maximum Gasteiger partial charge on any atom is 0.250 e. The second-order valence-corrected chi connectivity index (χ2v) is 4.97. The lowest BCUT2D eigenvalue weighted by Gasteiger charge is -2.42. The van der Waals surface area contributed by atoms with E-state index in [2.05, 4.69) is 0 Å². The van der Waals surface area contributed by atoms with E-state index in [1.54, 1.807) is 23.1 Å². The highest BCUT2D eigenvalue weighted by Gasteiger charge is 2.41. The SMILES string of the molecule is O=C1C2CCCCN2C(=O)CN1c1ccccc1F. The molecule has 1 atom stereocenters.